The van der Waals surface area contributed by atoms with Crippen LogP contribution in [0, 0.1) is 5.92 Å². The molecule has 2 amide bonds. The van der Waals surface area contributed by atoms with Gasteiger partial charge < -0.3 is 20.3 Å². The van der Waals surface area contributed by atoms with Crippen molar-refractivity contribution < 1.29 is 14.7 Å². The molecule has 0 aliphatic carbocycles. The van der Waals surface area contributed by atoms with Crippen molar-refractivity contribution in [3.8, 4) is 0 Å². The lowest BCUT2D eigenvalue weighted by Crippen LogP contribution is -2.46. The maximum Gasteiger partial charge on any atom is 0.317 e. The van der Waals surface area contributed by atoms with Gasteiger partial charge in [-0.1, -0.05) is 18.2 Å². The van der Waals surface area contributed by atoms with E-state index in [4.69, 9.17) is 5.11 Å². The Kier molecular flexibility index (Phi) is 4.00. The van der Waals surface area contributed by atoms with Crippen LogP contribution in [0.4, 0.5) is 4.79 Å². The van der Waals surface area contributed by atoms with Crippen molar-refractivity contribution >= 4 is 22.9 Å². The molecule has 1 aliphatic heterocycles. The number of hydrogen-bond donors (Lipinski definition) is 3. The van der Waals surface area contributed by atoms with Gasteiger partial charge in [0, 0.05) is 24.3 Å². The number of H-pyrrole nitrogens is 1. The molecule has 0 saturated carbocycles. The molecule has 3 rings (SSSR count). The predicted octanol–water partition coefficient (Wildman–Crippen LogP) is 2.17. The van der Waals surface area contributed by atoms with Crippen molar-refractivity contribution in [3.63, 3.8) is 0 Å². The third-order valence-electron chi connectivity index (χ3n) is 4.07. The minimum absolute atomic E-state index is 0.204. The number of urea groups is 1. The third kappa shape index (κ3) is 3.05. The summed E-state index contributed by atoms with van der Waals surface area (Å²) < 4.78 is 0. The Morgan fingerprint density at radius 2 is 2.18 bits per heavy atom. The summed E-state index contributed by atoms with van der Waals surface area (Å²) in [6, 6.07) is 9.73. The van der Waals surface area contributed by atoms with Crippen LogP contribution >= 0.6 is 0 Å². The Morgan fingerprint density at radius 3 is 2.95 bits per heavy atom. The minimum atomic E-state index is -0.826. The van der Waals surface area contributed by atoms with E-state index in [1.807, 2.05) is 30.3 Å². The summed E-state index contributed by atoms with van der Waals surface area (Å²) in [6.45, 7) is 1.30. The Labute approximate surface area is 128 Å². The first-order valence-electron chi connectivity index (χ1n) is 7.45. The van der Waals surface area contributed by atoms with Crippen LogP contribution in [-0.4, -0.2) is 40.1 Å². The standard InChI is InChI=1S/C16H19N3O3/c20-15(21)12-5-3-7-19(10-12)16(22)17-9-13-8-11-4-1-2-6-14(11)18-13/h1-2,4,6,8,12,18H,3,5,7,9-10H2,(H,17,22)(H,20,21). The van der Waals surface area contributed by atoms with Crippen LogP contribution in [0.15, 0.2) is 30.3 Å². The summed E-state index contributed by atoms with van der Waals surface area (Å²) in [5.41, 5.74) is 1.97. The van der Waals surface area contributed by atoms with Gasteiger partial charge in [0.2, 0.25) is 0 Å². The molecular formula is C16H19N3O3. The van der Waals surface area contributed by atoms with Gasteiger partial charge in [0.25, 0.3) is 0 Å². The Hall–Kier alpha value is -2.50. The highest BCUT2D eigenvalue weighted by atomic mass is 16.4. The van der Waals surface area contributed by atoms with E-state index in [-0.39, 0.29) is 12.6 Å². The first-order valence-corrected chi connectivity index (χ1v) is 7.45. The van der Waals surface area contributed by atoms with Crippen molar-refractivity contribution in [2.75, 3.05) is 13.1 Å². The highest BCUT2D eigenvalue weighted by Crippen LogP contribution is 2.17. The zero-order valence-electron chi connectivity index (χ0n) is 12.2. The average Bonchev–Trinajstić information content (AvgIpc) is 2.95. The van der Waals surface area contributed by atoms with E-state index in [1.54, 1.807) is 4.90 Å². The molecule has 0 bridgehead atoms. The number of carboxylic acid groups (broad SMARTS) is 1. The molecule has 116 valence electrons. The highest BCUT2D eigenvalue weighted by molar-refractivity contribution is 5.80. The molecule has 2 heterocycles. The summed E-state index contributed by atoms with van der Waals surface area (Å²) in [6.07, 6.45) is 1.37. The lowest BCUT2D eigenvalue weighted by Gasteiger charge is -2.30. The van der Waals surface area contributed by atoms with E-state index >= 15 is 0 Å². The van der Waals surface area contributed by atoms with Crippen LogP contribution in [0.25, 0.3) is 10.9 Å². The summed E-state index contributed by atoms with van der Waals surface area (Å²) in [7, 11) is 0. The zero-order chi connectivity index (χ0) is 15.5. The van der Waals surface area contributed by atoms with Gasteiger partial charge in [-0.3, -0.25) is 4.79 Å². The Morgan fingerprint density at radius 1 is 1.36 bits per heavy atom. The zero-order valence-corrected chi connectivity index (χ0v) is 12.2. The van der Waals surface area contributed by atoms with Crippen LogP contribution in [-0.2, 0) is 11.3 Å². The number of amides is 2. The van der Waals surface area contributed by atoms with E-state index < -0.39 is 11.9 Å². The topological polar surface area (TPSA) is 85.4 Å². The number of carbonyl (C=O) groups excluding carboxylic acids is 1. The van der Waals surface area contributed by atoms with Gasteiger partial charge in [-0.05, 0) is 30.4 Å². The van der Waals surface area contributed by atoms with Crippen molar-refractivity contribution in [3.05, 3.63) is 36.0 Å². The number of rotatable bonds is 3. The van der Waals surface area contributed by atoms with Crippen LogP contribution in [0.5, 0.6) is 0 Å². The van der Waals surface area contributed by atoms with Crippen LogP contribution in [0.2, 0.25) is 0 Å². The number of carboxylic acids is 1. The second kappa shape index (κ2) is 6.09. The molecule has 0 spiro atoms. The molecule has 1 aromatic heterocycles. The van der Waals surface area contributed by atoms with Crippen molar-refractivity contribution in [1.82, 2.24) is 15.2 Å². The number of para-hydroxylation sites is 1. The molecular weight excluding hydrogens is 282 g/mol. The van der Waals surface area contributed by atoms with Gasteiger partial charge in [0.1, 0.15) is 0 Å². The monoisotopic (exact) mass is 301 g/mol. The van der Waals surface area contributed by atoms with Crippen LogP contribution in [0.3, 0.4) is 0 Å². The number of nitrogens with one attached hydrogen (secondary N) is 2. The van der Waals surface area contributed by atoms with E-state index in [0.29, 0.717) is 19.5 Å². The molecule has 1 saturated heterocycles. The summed E-state index contributed by atoms with van der Waals surface area (Å²) in [4.78, 5) is 28.0. The van der Waals surface area contributed by atoms with E-state index in [0.717, 1.165) is 23.0 Å². The molecule has 1 unspecified atom stereocenters. The lowest BCUT2D eigenvalue weighted by molar-refractivity contribution is -0.143. The molecule has 1 aliphatic rings. The SMILES string of the molecule is O=C(O)C1CCCN(C(=O)NCc2cc3ccccc3[nH]2)C1. The Bertz CT molecular complexity index is 662. The van der Waals surface area contributed by atoms with Gasteiger partial charge in [0.05, 0.1) is 12.5 Å². The molecule has 22 heavy (non-hydrogen) atoms. The molecule has 1 atom stereocenters. The van der Waals surface area contributed by atoms with Crippen molar-refractivity contribution in [2.24, 2.45) is 5.92 Å². The number of aromatic nitrogens is 1. The van der Waals surface area contributed by atoms with Crippen LogP contribution < -0.4 is 5.32 Å². The van der Waals surface area contributed by atoms with Gasteiger partial charge in [0.15, 0.2) is 0 Å². The Balaban J connectivity index is 1.58. The highest BCUT2D eigenvalue weighted by Gasteiger charge is 2.27. The molecule has 2 aromatic rings. The second-order valence-electron chi connectivity index (χ2n) is 5.66. The van der Waals surface area contributed by atoms with Crippen LogP contribution in [0.1, 0.15) is 18.5 Å². The van der Waals surface area contributed by atoms with Crippen molar-refractivity contribution in [2.45, 2.75) is 19.4 Å². The fourth-order valence-electron chi connectivity index (χ4n) is 2.87. The van der Waals surface area contributed by atoms with Crippen molar-refractivity contribution in [1.29, 1.82) is 0 Å². The summed E-state index contributed by atoms with van der Waals surface area (Å²) >= 11 is 0. The summed E-state index contributed by atoms with van der Waals surface area (Å²) in [5.74, 6) is -1.28. The second-order valence-corrected chi connectivity index (χ2v) is 5.66. The smallest absolute Gasteiger partial charge is 0.317 e. The summed E-state index contributed by atoms with van der Waals surface area (Å²) in [5, 5.41) is 13.0. The first kappa shape index (κ1) is 14.4. The number of piperidine rings is 1. The fourth-order valence-corrected chi connectivity index (χ4v) is 2.87. The molecule has 6 heteroatoms. The largest absolute Gasteiger partial charge is 0.481 e. The predicted molar refractivity (Wildman–Crippen MR) is 82.5 cm³/mol. The minimum Gasteiger partial charge on any atom is -0.481 e. The number of fused-ring (bicyclic) bond motifs is 1. The van der Waals surface area contributed by atoms with E-state index in [9.17, 15) is 9.59 Å². The average molecular weight is 301 g/mol. The van der Waals surface area contributed by atoms with Gasteiger partial charge in [-0.15, -0.1) is 0 Å². The number of carbonyl (C=O) groups is 2. The third-order valence-corrected chi connectivity index (χ3v) is 4.07. The van der Waals surface area contributed by atoms with Gasteiger partial charge in [-0.2, -0.15) is 0 Å². The molecule has 0 radical (unpaired) electrons. The number of nitrogens with zero attached hydrogens (tertiary/aromatic N) is 1. The molecule has 3 N–H and O–H groups in total. The molecule has 1 aromatic carbocycles. The quantitative estimate of drug-likeness (QED) is 0.812. The maximum atomic E-state index is 12.2. The van der Waals surface area contributed by atoms with Gasteiger partial charge in [-0.25, -0.2) is 4.79 Å². The lowest BCUT2D eigenvalue weighted by atomic mass is 9.99. The molecule has 6 nitrogen and oxygen atoms in total. The van der Waals surface area contributed by atoms with E-state index in [2.05, 4.69) is 10.3 Å². The fraction of sp³-hybridized carbons (Fsp3) is 0.375. The normalized spacial score (nSPS) is 18.4. The number of aliphatic carboxylic acids is 1. The maximum absolute atomic E-state index is 12.2. The number of likely N-dealkylation sites (tertiary alicyclic amines) is 1. The van der Waals surface area contributed by atoms with E-state index in [1.165, 1.54) is 0 Å². The molecule has 1 fully saturated rings. The number of hydrogen-bond acceptors (Lipinski definition) is 2. The van der Waals surface area contributed by atoms with Gasteiger partial charge >= 0.3 is 12.0 Å². The number of aromatic amines is 1. The first-order chi connectivity index (χ1) is 10.6. The number of benzene rings is 1.